The van der Waals surface area contributed by atoms with Crippen LogP contribution in [-0.4, -0.2) is 95.7 Å². The minimum Gasteiger partial charge on any atom is -0.494 e. The monoisotopic (exact) mass is 904 g/mol. The number of nitrogens with zero attached hydrogens (tertiary/aromatic N) is 8. The molecule has 2 aliphatic rings. The number of amides is 4. The number of fused-ring (bicyclic) bond motifs is 2. The minimum absolute atomic E-state index is 0.186. The zero-order valence-electron chi connectivity index (χ0n) is 37.5. The number of thiazole rings is 1. The lowest BCUT2D eigenvalue weighted by Crippen LogP contribution is -2.57. The Morgan fingerprint density at radius 1 is 0.815 bits per heavy atom. The van der Waals surface area contributed by atoms with Crippen LogP contribution in [0.5, 0.6) is 11.5 Å². The van der Waals surface area contributed by atoms with Gasteiger partial charge in [-0.05, 0) is 82.2 Å². The molecule has 1 saturated heterocycles. The highest BCUT2D eigenvalue weighted by molar-refractivity contribution is 7.13. The number of ether oxygens (including phenoxy) is 2. The van der Waals surface area contributed by atoms with Gasteiger partial charge in [0.15, 0.2) is 0 Å². The van der Waals surface area contributed by atoms with Crippen molar-refractivity contribution in [2.24, 2.45) is 16.9 Å². The van der Waals surface area contributed by atoms with Gasteiger partial charge in [0, 0.05) is 50.4 Å². The van der Waals surface area contributed by atoms with Crippen molar-refractivity contribution in [2.45, 2.75) is 92.3 Å². The lowest BCUT2D eigenvalue weighted by atomic mass is 9.68. The fourth-order valence-electron chi connectivity index (χ4n) is 9.25. The maximum Gasteiger partial charge on any atom is 0.276 e. The highest BCUT2D eigenvalue weighted by Crippen LogP contribution is 2.43. The average Bonchev–Trinajstić information content (AvgIpc) is 4.05. The summed E-state index contributed by atoms with van der Waals surface area (Å²) in [5.41, 5.74) is 16.0. The SMILES string of the molecule is CCc1nc(C)sc1C(=O)Nc1nc2cc(C(N)=O)cc(OCCCN3CC4(CCCCC4)C3)c2n1C/C=C/Cn1c(NC(=O)c2cc(C)nn2CC)nc2cc(C(N)=O)cc(OC)c21. The van der Waals surface area contributed by atoms with Gasteiger partial charge in [0.25, 0.3) is 11.8 Å². The topological polar surface area (TPSA) is 232 Å². The normalized spacial score (nSPS) is 14.9. The van der Waals surface area contributed by atoms with Crippen molar-refractivity contribution in [2.75, 3.05) is 44.0 Å². The number of allylic oxidation sites excluding steroid dienone is 2. The van der Waals surface area contributed by atoms with Gasteiger partial charge in [0.05, 0.1) is 41.1 Å². The number of benzene rings is 2. The lowest BCUT2D eigenvalue weighted by molar-refractivity contribution is -0.0296. The van der Waals surface area contributed by atoms with E-state index in [4.69, 9.17) is 30.9 Å². The van der Waals surface area contributed by atoms with Gasteiger partial charge in [-0.25, -0.2) is 15.0 Å². The third-order valence-corrected chi connectivity index (χ3v) is 13.3. The maximum atomic E-state index is 13.9. The van der Waals surface area contributed by atoms with Crippen molar-refractivity contribution in [1.29, 1.82) is 0 Å². The molecule has 1 aliphatic carbocycles. The van der Waals surface area contributed by atoms with E-state index in [9.17, 15) is 19.2 Å². The predicted molar refractivity (Wildman–Crippen MR) is 249 cm³/mol. The summed E-state index contributed by atoms with van der Waals surface area (Å²) in [6.07, 6.45) is 11.7. The zero-order valence-corrected chi connectivity index (χ0v) is 38.3. The second kappa shape index (κ2) is 18.9. The summed E-state index contributed by atoms with van der Waals surface area (Å²) >= 11 is 1.31. The number of likely N-dealkylation sites (tertiary alicyclic amines) is 1. The fraction of sp³-hybridized carbons (Fsp3) is 0.435. The standard InChI is InChI=1S/C46H56N12O6S/c1-6-31-39(65-28(4)49-31)43(62)53-45-51-33-22-30(41(48)60)24-36(64-19-13-16-55-25-46(26-55)14-9-8-10-15-46)38(33)57(45)18-12-11-17-56-37-32(21-29(40(47)59)23-35(37)63-5)50-44(56)52-42(61)34-20-27(3)54-58(34)7-2/h11-12,20-24H,6-10,13-19,25-26H2,1-5H3,(H2,47,59)(H2,48,60)(H,50,52,61)(H,51,53,62)/b12-11+. The Hall–Kier alpha value is -6.60. The molecule has 19 heteroatoms. The van der Waals surface area contributed by atoms with E-state index >= 15 is 0 Å². The van der Waals surface area contributed by atoms with Gasteiger partial charge in [-0.3, -0.25) is 34.5 Å². The molecule has 0 atom stereocenters. The molecule has 1 saturated carbocycles. The molecule has 6 aromatic rings. The van der Waals surface area contributed by atoms with E-state index in [1.54, 1.807) is 33.5 Å². The highest BCUT2D eigenvalue weighted by Gasteiger charge is 2.42. The Morgan fingerprint density at radius 3 is 2.00 bits per heavy atom. The molecule has 0 bridgehead atoms. The lowest BCUT2D eigenvalue weighted by Gasteiger charge is -2.52. The van der Waals surface area contributed by atoms with Crippen LogP contribution in [0.2, 0.25) is 0 Å². The molecule has 18 nitrogen and oxygen atoms in total. The van der Waals surface area contributed by atoms with Crippen molar-refractivity contribution < 1.29 is 28.7 Å². The second-order valence-electron chi connectivity index (χ2n) is 16.9. The number of aryl methyl sites for hydroxylation is 4. The maximum absolute atomic E-state index is 13.9. The number of primary amides is 2. The molecular weight excluding hydrogens is 849 g/mol. The molecular formula is C46H56N12O6S. The third kappa shape index (κ3) is 9.33. The van der Waals surface area contributed by atoms with Crippen LogP contribution < -0.4 is 31.6 Å². The number of nitrogens with one attached hydrogen (secondary N) is 2. The summed E-state index contributed by atoms with van der Waals surface area (Å²) in [7, 11) is 1.48. The van der Waals surface area contributed by atoms with Crippen LogP contribution in [0.15, 0.2) is 42.5 Å². The van der Waals surface area contributed by atoms with Gasteiger partial charge in [-0.15, -0.1) is 11.3 Å². The van der Waals surface area contributed by atoms with Crippen LogP contribution in [0.4, 0.5) is 11.9 Å². The summed E-state index contributed by atoms with van der Waals surface area (Å²) in [6.45, 7) is 11.9. The zero-order chi connectivity index (χ0) is 46.0. The molecule has 4 amide bonds. The van der Waals surface area contributed by atoms with Gasteiger partial charge in [0.2, 0.25) is 23.7 Å². The molecule has 342 valence electrons. The Labute approximate surface area is 380 Å². The number of imidazole rings is 2. The molecule has 1 spiro atoms. The molecule has 0 radical (unpaired) electrons. The van der Waals surface area contributed by atoms with Crippen molar-refractivity contribution >= 4 is 68.9 Å². The van der Waals surface area contributed by atoms with Crippen LogP contribution in [0.1, 0.15) is 110 Å². The van der Waals surface area contributed by atoms with Crippen molar-refractivity contribution in [3.05, 3.63) is 80.6 Å². The summed E-state index contributed by atoms with van der Waals surface area (Å²) in [5.74, 6) is -0.894. The van der Waals surface area contributed by atoms with Crippen molar-refractivity contribution in [1.82, 2.24) is 38.8 Å². The summed E-state index contributed by atoms with van der Waals surface area (Å²) in [6, 6.07) is 8.02. The van der Waals surface area contributed by atoms with Crippen LogP contribution in [-0.2, 0) is 26.1 Å². The first-order chi connectivity index (χ1) is 31.3. The fourth-order valence-corrected chi connectivity index (χ4v) is 10.1. The first kappa shape index (κ1) is 45.0. The number of aromatic nitrogens is 7. The number of methoxy groups -OCH3 is 1. The van der Waals surface area contributed by atoms with E-state index in [1.807, 2.05) is 44.4 Å². The smallest absolute Gasteiger partial charge is 0.276 e. The van der Waals surface area contributed by atoms with Crippen LogP contribution in [0.3, 0.4) is 0 Å². The Kier molecular flexibility index (Phi) is 13.1. The van der Waals surface area contributed by atoms with Gasteiger partial charge in [-0.1, -0.05) is 38.3 Å². The van der Waals surface area contributed by atoms with Gasteiger partial charge in [-0.2, -0.15) is 5.10 Å². The molecule has 0 unspecified atom stereocenters. The first-order valence-electron chi connectivity index (χ1n) is 22.2. The number of carbonyl (C=O) groups excluding carboxylic acids is 4. The van der Waals surface area contributed by atoms with Crippen molar-refractivity contribution in [3.8, 4) is 11.5 Å². The first-order valence-corrected chi connectivity index (χ1v) is 23.0. The van der Waals surface area contributed by atoms with E-state index in [0.29, 0.717) is 80.5 Å². The Bertz CT molecular complexity index is 2820. The van der Waals surface area contributed by atoms with Gasteiger partial charge >= 0.3 is 0 Å². The molecule has 65 heavy (non-hydrogen) atoms. The van der Waals surface area contributed by atoms with E-state index in [-0.39, 0.29) is 42.0 Å². The van der Waals surface area contributed by atoms with Gasteiger partial charge < -0.3 is 35.0 Å². The molecule has 2 fully saturated rings. The van der Waals surface area contributed by atoms with E-state index < -0.39 is 17.7 Å². The largest absolute Gasteiger partial charge is 0.494 e. The number of nitrogens with two attached hydrogens (primary N) is 2. The Balaban J connectivity index is 1.12. The third-order valence-electron chi connectivity index (χ3n) is 12.3. The van der Waals surface area contributed by atoms with E-state index in [1.165, 1.54) is 56.6 Å². The number of hydrogen-bond acceptors (Lipinski definition) is 12. The average molecular weight is 905 g/mol. The quantitative estimate of drug-likeness (QED) is 0.0557. The number of rotatable bonds is 18. The molecule has 2 aromatic carbocycles. The minimum atomic E-state index is -0.658. The molecule has 1 aliphatic heterocycles. The molecule has 5 heterocycles. The van der Waals surface area contributed by atoms with Gasteiger partial charge in [0.1, 0.15) is 33.1 Å². The summed E-state index contributed by atoms with van der Waals surface area (Å²) in [4.78, 5) is 69.6. The van der Waals surface area contributed by atoms with Crippen LogP contribution in [0.25, 0.3) is 22.1 Å². The summed E-state index contributed by atoms with van der Waals surface area (Å²) < 4.78 is 17.4. The number of carbonyl (C=O) groups is 4. The Morgan fingerprint density at radius 2 is 1.42 bits per heavy atom. The number of hydrogen-bond donors (Lipinski definition) is 4. The van der Waals surface area contributed by atoms with Crippen LogP contribution in [0, 0.1) is 19.3 Å². The molecule has 4 aromatic heterocycles. The highest BCUT2D eigenvalue weighted by atomic mass is 32.1. The number of anilines is 2. The summed E-state index contributed by atoms with van der Waals surface area (Å²) in [5, 5.41) is 11.1. The van der Waals surface area contributed by atoms with Crippen LogP contribution >= 0.6 is 11.3 Å². The van der Waals surface area contributed by atoms with E-state index in [0.717, 1.165) is 31.1 Å². The second-order valence-corrected chi connectivity index (χ2v) is 18.1. The predicted octanol–water partition coefficient (Wildman–Crippen LogP) is 6.24. The molecule has 8 rings (SSSR count). The molecule has 6 N–H and O–H groups in total. The van der Waals surface area contributed by atoms with E-state index in [2.05, 4.69) is 25.6 Å². The van der Waals surface area contributed by atoms with Crippen molar-refractivity contribution in [3.63, 3.8) is 0 Å².